The summed E-state index contributed by atoms with van der Waals surface area (Å²) in [6, 6.07) is 17.5. The van der Waals surface area contributed by atoms with Crippen molar-refractivity contribution in [2.45, 2.75) is 44.2 Å². The molecule has 8 nitrogen and oxygen atoms in total. The van der Waals surface area contributed by atoms with Crippen LogP contribution in [-0.4, -0.2) is 27.8 Å². The molecule has 2 aliphatic carbocycles. The minimum Gasteiger partial charge on any atom is -0.465 e. The van der Waals surface area contributed by atoms with E-state index in [4.69, 9.17) is 4.42 Å². The number of amides is 1. The molecule has 1 amide bonds. The standard InChI is InChI=1S/C28H28N4O4/c1-29-26-30-24-22(25(33)32(26)16-17-8-9-17)21(18-6-3-2-4-7-18)23(36-24)19-10-12-20(13-11-19)28(14-5-15-28)31-27(34)35/h2-4,6-7,10-13,17,31H,5,8-9,14-16H2,1H3,(H,29,30)(H,34,35). The molecule has 0 radical (unpaired) electrons. The second-order valence-corrected chi connectivity index (χ2v) is 9.84. The van der Waals surface area contributed by atoms with E-state index in [0.29, 0.717) is 35.3 Å². The lowest BCUT2D eigenvalue weighted by Gasteiger charge is -2.42. The Morgan fingerprint density at radius 3 is 2.42 bits per heavy atom. The first-order chi connectivity index (χ1) is 17.5. The molecule has 0 bridgehead atoms. The molecule has 2 aromatic heterocycles. The molecular formula is C28H28N4O4. The normalized spacial score (nSPS) is 16.5. The van der Waals surface area contributed by atoms with Crippen molar-refractivity contribution in [1.82, 2.24) is 14.9 Å². The van der Waals surface area contributed by atoms with Gasteiger partial charge in [0.15, 0.2) is 0 Å². The van der Waals surface area contributed by atoms with Crippen molar-refractivity contribution in [3.63, 3.8) is 0 Å². The van der Waals surface area contributed by atoms with Crippen LogP contribution in [0.1, 0.15) is 37.7 Å². The molecule has 2 saturated carbocycles. The Bertz CT molecular complexity index is 1500. The average molecular weight is 485 g/mol. The van der Waals surface area contributed by atoms with Gasteiger partial charge in [0.2, 0.25) is 11.7 Å². The van der Waals surface area contributed by atoms with Crippen LogP contribution in [0, 0.1) is 5.92 Å². The number of hydrogen-bond donors (Lipinski definition) is 3. The molecular weight excluding hydrogens is 456 g/mol. The first-order valence-electron chi connectivity index (χ1n) is 12.4. The maximum absolute atomic E-state index is 13.8. The van der Waals surface area contributed by atoms with Gasteiger partial charge in [0.1, 0.15) is 11.1 Å². The van der Waals surface area contributed by atoms with Gasteiger partial charge in [-0.25, -0.2) is 4.79 Å². The van der Waals surface area contributed by atoms with Crippen molar-refractivity contribution in [1.29, 1.82) is 0 Å². The van der Waals surface area contributed by atoms with Crippen molar-refractivity contribution in [3.8, 4) is 22.5 Å². The predicted octanol–water partition coefficient (Wildman–Crippen LogP) is 5.42. The summed E-state index contributed by atoms with van der Waals surface area (Å²) in [6.45, 7) is 0.639. The van der Waals surface area contributed by atoms with Crippen molar-refractivity contribution in [2.75, 3.05) is 12.4 Å². The van der Waals surface area contributed by atoms with Gasteiger partial charge in [-0.3, -0.25) is 9.36 Å². The molecule has 184 valence electrons. The Balaban J connectivity index is 1.52. The highest BCUT2D eigenvalue weighted by Gasteiger charge is 2.40. The number of aromatic nitrogens is 2. The molecule has 0 atom stereocenters. The highest BCUT2D eigenvalue weighted by atomic mass is 16.4. The Hall–Kier alpha value is -4.07. The number of hydrogen-bond acceptors (Lipinski definition) is 5. The Morgan fingerprint density at radius 2 is 1.83 bits per heavy atom. The van der Waals surface area contributed by atoms with Gasteiger partial charge in [-0.1, -0.05) is 54.6 Å². The summed E-state index contributed by atoms with van der Waals surface area (Å²) >= 11 is 0. The van der Waals surface area contributed by atoms with E-state index < -0.39 is 11.6 Å². The number of rotatable bonds is 7. The smallest absolute Gasteiger partial charge is 0.405 e. The highest BCUT2D eigenvalue weighted by Crippen LogP contribution is 2.43. The summed E-state index contributed by atoms with van der Waals surface area (Å²) in [5.41, 5.74) is 3.00. The van der Waals surface area contributed by atoms with Crippen LogP contribution in [0.5, 0.6) is 0 Å². The number of nitrogens with zero attached hydrogens (tertiary/aromatic N) is 2. The summed E-state index contributed by atoms with van der Waals surface area (Å²) in [4.78, 5) is 29.9. The molecule has 8 heteroatoms. The van der Waals surface area contributed by atoms with E-state index in [2.05, 4.69) is 15.6 Å². The quantitative estimate of drug-likeness (QED) is 0.323. The second-order valence-electron chi connectivity index (χ2n) is 9.84. The van der Waals surface area contributed by atoms with E-state index >= 15 is 0 Å². The minimum absolute atomic E-state index is 0.110. The molecule has 0 aliphatic heterocycles. The number of furan rings is 1. The Labute approximate surface area is 208 Å². The van der Waals surface area contributed by atoms with Gasteiger partial charge >= 0.3 is 6.09 Å². The first-order valence-corrected chi connectivity index (χ1v) is 12.4. The molecule has 6 rings (SSSR count). The van der Waals surface area contributed by atoms with E-state index in [1.54, 1.807) is 11.6 Å². The van der Waals surface area contributed by atoms with Crippen LogP contribution in [0.25, 0.3) is 33.6 Å². The van der Waals surface area contributed by atoms with Gasteiger partial charge in [0, 0.05) is 24.7 Å². The minimum atomic E-state index is -1.02. The molecule has 2 aromatic carbocycles. The largest absolute Gasteiger partial charge is 0.465 e. The molecule has 3 N–H and O–H groups in total. The molecule has 0 saturated heterocycles. The van der Waals surface area contributed by atoms with Crippen molar-refractivity contribution in [2.24, 2.45) is 5.92 Å². The third kappa shape index (κ3) is 3.73. The predicted molar refractivity (Wildman–Crippen MR) is 138 cm³/mol. The molecule has 2 aliphatic rings. The number of fused-ring (bicyclic) bond motifs is 1. The van der Waals surface area contributed by atoms with Crippen molar-refractivity contribution in [3.05, 3.63) is 70.5 Å². The fraction of sp³-hybridized carbons (Fsp3) is 0.321. The van der Waals surface area contributed by atoms with Crippen LogP contribution in [0.3, 0.4) is 0 Å². The molecule has 0 unspecified atom stereocenters. The van der Waals surface area contributed by atoms with Gasteiger partial charge in [-0.2, -0.15) is 4.98 Å². The van der Waals surface area contributed by atoms with E-state index in [0.717, 1.165) is 54.4 Å². The van der Waals surface area contributed by atoms with Crippen molar-refractivity contribution < 1.29 is 14.3 Å². The number of carboxylic acid groups (broad SMARTS) is 1. The third-order valence-corrected chi connectivity index (χ3v) is 7.49. The van der Waals surface area contributed by atoms with Crippen LogP contribution < -0.4 is 16.2 Å². The molecule has 4 aromatic rings. The lowest BCUT2D eigenvalue weighted by atomic mass is 9.72. The zero-order valence-corrected chi connectivity index (χ0v) is 20.1. The lowest BCUT2D eigenvalue weighted by Crippen LogP contribution is -2.50. The molecule has 2 heterocycles. The van der Waals surface area contributed by atoms with Crippen LogP contribution in [0.2, 0.25) is 0 Å². The van der Waals surface area contributed by atoms with E-state index in [9.17, 15) is 14.7 Å². The fourth-order valence-electron chi connectivity index (χ4n) is 5.25. The van der Waals surface area contributed by atoms with Gasteiger partial charge < -0.3 is 20.2 Å². The Kier molecular flexibility index (Phi) is 5.32. The van der Waals surface area contributed by atoms with Crippen molar-refractivity contribution >= 4 is 23.1 Å². The molecule has 36 heavy (non-hydrogen) atoms. The van der Waals surface area contributed by atoms with Crippen LogP contribution in [0.15, 0.2) is 63.8 Å². The van der Waals surface area contributed by atoms with Gasteiger partial charge in [0.25, 0.3) is 5.56 Å². The summed E-state index contributed by atoms with van der Waals surface area (Å²) in [6.07, 6.45) is 3.76. The zero-order valence-electron chi connectivity index (χ0n) is 20.1. The van der Waals surface area contributed by atoms with Crippen LogP contribution >= 0.6 is 0 Å². The average Bonchev–Trinajstić information content (AvgIpc) is 3.61. The fourth-order valence-corrected chi connectivity index (χ4v) is 5.25. The summed E-state index contributed by atoms with van der Waals surface area (Å²) in [5, 5.41) is 15.6. The van der Waals surface area contributed by atoms with Gasteiger partial charge in [-0.15, -0.1) is 0 Å². The first kappa shape index (κ1) is 22.4. The molecule has 2 fully saturated rings. The maximum atomic E-state index is 13.8. The Morgan fingerprint density at radius 1 is 1.11 bits per heavy atom. The second kappa shape index (κ2) is 8.55. The maximum Gasteiger partial charge on any atom is 0.405 e. The third-order valence-electron chi connectivity index (χ3n) is 7.49. The summed E-state index contributed by atoms with van der Waals surface area (Å²) < 4.78 is 8.02. The number of nitrogens with one attached hydrogen (secondary N) is 2. The summed E-state index contributed by atoms with van der Waals surface area (Å²) in [5.74, 6) is 1.58. The van der Waals surface area contributed by atoms with Crippen LogP contribution in [-0.2, 0) is 12.1 Å². The highest BCUT2D eigenvalue weighted by molar-refractivity contribution is 6.00. The SMILES string of the molecule is CNc1nc2oc(-c3ccc(C4(NC(=O)O)CCC4)cc3)c(-c3ccccc3)c2c(=O)n1CC1CC1. The zero-order chi connectivity index (χ0) is 24.9. The monoisotopic (exact) mass is 484 g/mol. The lowest BCUT2D eigenvalue weighted by molar-refractivity contribution is 0.144. The number of carbonyl (C=O) groups is 1. The molecule has 0 spiro atoms. The number of anilines is 1. The van der Waals surface area contributed by atoms with E-state index in [1.165, 1.54) is 0 Å². The van der Waals surface area contributed by atoms with E-state index in [-0.39, 0.29) is 5.56 Å². The topological polar surface area (TPSA) is 109 Å². The van der Waals surface area contributed by atoms with E-state index in [1.807, 2.05) is 54.6 Å². The number of benzene rings is 2. The van der Waals surface area contributed by atoms with Gasteiger partial charge in [-0.05, 0) is 49.1 Å². The van der Waals surface area contributed by atoms with Crippen LogP contribution in [0.4, 0.5) is 10.7 Å². The summed E-state index contributed by atoms with van der Waals surface area (Å²) in [7, 11) is 1.76. The van der Waals surface area contributed by atoms with Gasteiger partial charge in [0.05, 0.1) is 5.54 Å².